The van der Waals surface area contributed by atoms with E-state index >= 15 is 0 Å². The van der Waals surface area contributed by atoms with Crippen molar-refractivity contribution in [2.45, 2.75) is 64.8 Å². The molecule has 2 atom stereocenters. The van der Waals surface area contributed by atoms with Gasteiger partial charge in [0.05, 0.1) is 6.10 Å². The van der Waals surface area contributed by atoms with E-state index in [2.05, 4.69) is 41.4 Å². The number of aliphatic hydroxyl groups is 1. The molecule has 2 unspecified atom stereocenters. The van der Waals surface area contributed by atoms with E-state index in [1.807, 2.05) is 0 Å². The second-order valence-electron chi connectivity index (χ2n) is 7.35. The topological polar surface area (TPSA) is 55.8 Å². The Bertz CT molecular complexity index is 530. The molecule has 5 heteroatoms. The maximum Gasteiger partial charge on any atom is 0.317 e. The molecule has 2 N–H and O–H groups in total. The minimum absolute atomic E-state index is 0.105. The summed E-state index contributed by atoms with van der Waals surface area (Å²) in [6.45, 7) is 7.33. The highest BCUT2D eigenvalue weighted by atomic mass is 16.3. The Balaban J connectivity index is 1.77. The molecule has 0 saturated carbocycles. The van der Waals surface area contributed by atoms with Gasteiger partial charge in [0, 0.05) is 32.7 Å². The van der Waals surface area contributed by atoms with Crippen molar-refractivity contribution in [1.29, 1.82) is 0 Å². The Kier molecular flexibility index (Phi) is 7.72. The van der Waals surface area contributed by atoms with Gasteiger partial charge in [0.15, 0.2) is 0 Å². The number of rotatable bonds is 7. The van der Waals surface area contributed by atoms with Gasteiger partial charge in [-0.3, -0.25) is 4.90 Å². The van der Waals surface area contributed by atoms with E-state index in [4.69, 9.17) is 0 Å². The fourth-order valence-corrected chi connectivity index (χ4v) is 3.18. The third kappa shape index (κ3) is 6.67. The van der Waals surface area contributed by atoms with Crippen molar-refractivity contribution in [3.63, 3.8) is 0 Å². The molecular formula is C20H33N3O2. The number of hydrogen-bond donors (Lipinski definition) is 2. The zero-order valence-electron chi connectivity index (χ0n) is 15.9. The van der Waals surface area contributed by atoms with Crippen LogP contribution >= 0.6 is 0 Å². The lowest BCUT2D eigenvalue weighted by molar-refractivity contribution is 0.152. The van der Waals surface area contributed by atoms with Crippen LogP contribution in [0.1, 0.15) is 50.7 Å². The van der Waals surface area contributed by atoms with Crippen LogP contribution in [0.4, 0.5) is 4.79 Å². The van der Waals surface area contributed by atoms with Crippen LogP contribution in [0.15, 0.2) is 24.3 Å². The fourth-order valence-electron chi connectivity index (χ4n) is 3.18. The van der Waals surface area contributed by atoms with Gasteiger partial charge < -0.3 is 15.3 Å². The molecule has 1 aromatic rings. The van der Waals surface area contributed by atoms with Crippen LogP contribution in [0.5, 0.6) is 0 Å². The molecule has 0 bridgehead atoms. The Morgan fingerprint density at radius 1 is 1.32 bits per heavy atom. The highest BCUT2D eigenvalue weighted by Gasteiger charge is 2.18. The average molecular weight is 348 g/mol. The maximum atomic E-state index is 12.0. The first-order valence-electron chi connectivity index (χ1n) is 9.44. The first-order chi connectivity index (χ1) is 12.0. The zero-order chi connectivity index (χ0) is 18.2. The van der Waals surface area contributed by atoms with E-state index < -0.39 is 0 Å². The number of likely N-dealkylation sites (tertiary alicyclic amines) is 1. The lowest BCUT2D eigenvalue weighted by atomic mass is 10.0. The van der Waals surface area contributed by atoms with E-state index in [1.54, 1.807) is 18.9 Å². The standard InChI is InChI=1S/C20H33N3O2/c1-16-6-4-5-12-23(16)15-19-9-7-18(8-10-19)14-21-20(25)22(3)13-11-17(2)24/h7-10,16-17,24H,4-6,11-15H2,1-3H3,(H,21,25). The van der Waals surface area contributed by atoms with Crippen LogP contribution in [0.2, 0.25) is 0 Å². The Labute approximate surface area is 152 Å². The molecule has 0 aliphatic carbocycles. The number of carbonyl (C=O) groups excluding carboxylic acids is 1. The Hall–Kier alpha value is -1.59. The van der Waals surface area contributed by atoms with Crippen LogP contribution in [0.3, 0.4) is 0 Å². The van der Waals surface area contributed by atoms with Crippen LogP contribution in [-0.4, -0.2) is 53.2 Å². The number of nitrogens with zero attached hydrogens (tertiary/aromatic N) is 2. The highest BCUT2D eigenvalue weighted by Crippen LogP contribution is 2.19. The monoisotopic (exact) mass is 347 g/mol. The van der Waals surface area contributed by atoms with E-state index in [-0.39, 0.29) is 12.1 Å². The maximum absolute atomic E-state index is 12.0. The summed E-state index contributed by atoms with van der Waals surface area (Å²) in [5, 5.41) is 12.2. The van der Waals surface area contributed by atoms with Crippen molar-refractivity contribution in [2.24, 2.45) is 0 Å². The molecule has 2 amide bonds. The molecule has 25 heavy (non-hydrogen) atoms. The van der Waals surface area contributed by atoms with Crippen LogP contribution < -0.4 is 5.32 Å². The minimum atomic E-state index is -0.384. The lowest BCUT2D eigenvalue weighted by Gasteiger charge is -2.33. The van der Waals surface area contributed by atoms with Gasteiger partial charge in [-0.2, -0.15) is 0 Å². The number of carbonyl (C=O) groups is 1. The number of aliphatic hydroxyl groups excluding tert-OH is 1. The second-order valence-corrected chi connectivity index (χ2v) is 7.35. The molecule has 140 valence electrons. The Morgan fingerprint density at radius 3 is 2.64 bits per heavy atom. The molecule has 1 fully saturated rings. The molecule has 1 heterocycles. The Morgan fingerprint density at radius 2 is 2.00 bits per heavy atom. The molecule has 1 aliphatic heterocycles. The SMILES string of the molecule is CC(O)CCN(C)C(=O)NCc1ccc(CN2CCCCC2C)cc1. The summed E-state index contributed by atoms with van der Waals surface area (Å²) >= 11 is 0. The van der Waals surface area contributed by atoms with E-state index in [9.17, 15) is 9.90 Å². The molecule has 1 aromatic carbocycles. The van der Waals surface area contributed by atoms with Crippen LogP contribution in [-0.2, 0) is 13.1 Å². The number of nitrogens with one attached hydrogen (secondary N) is 1. The predicted octanol–water partition coefficient (Wildman–Crippen LogP) is 2.97. The largest absolute Gasteiger partial charge is 0.393 e. The summed E-state index contributed by atoms with van der Waals surface area (Å²) in [6.07, 6.45) is 4.16. The van der Waals surface area contributed by atoms with Gasteiger partial charge in [-0.15, -0.1) is 0 Å². The van der Waals surface area contributed by atoms with Crippen molar-refractivity contribution in [1.82, 2.24) is 15.1 Å². The summed E-state index contributed by atoms with van der Waals surface area (Å²) in [4.78, 5) is 16.2. The molecule has 0 radical (unpaired) electrons. The quantitative estimate of drug-likeness (QED) is 0.797. The summed E-state index contributed by atoms with van der Waals surface area (Å²) in [5.74, 6) is 0. The molecule has 0 spiro atoms. The van der Waals surface area contributed by atoms with Gasteiger partial charge in [-0.05, 0) is 50.8 Å². The molecule has 0 aromatic heterocycles. The fraction of sp³-hybridized carbons (Fsp3) is 0.650. The summed E-state index contributed by atoms with van der Waals surface area (Å²) in [7, 11) is 1.75. The molecule has 2 rings (SSSR count). The van der Waals surface area contributed by atoms with Crippen molar-refractivity contribution >= 4 is 6.03 Å². The lowest BCUT2D eigenvalue weighted by Crippen LogP contribution is -2.38. The van der Waals surface area contributed by atoms with E-state index in [0.29, 0.717) is 25.6 Å². The number of urea groups is 1. The van der Waals surface area contributed by atoms with Gasteiger partial charge in [0.1, 0.15) is 0 Å². The van der Waals surface area contributed by atoms with Gasteiger partial charge in [0.25, 0.3) is 0 Å². The van der Waals surface area contributed by atoms with Crippen LogP contribution in [0, 0.1) is 0 Å². The molecule has 5 nitrogen and oxygen atoms in total. The van der Waals surface area contributed by atoms with E-state index in [0.717, 1.165) is 12.1 Å². The number of piperidine rings is 1. The smallest absolute Gasteiger partial charge is 0.317 e. The summed E-state index contributed by atoms with van der Waals surface area (Å²) in [6, 6.07) is 9.09. The number of benzene rings is 1. The van der Waals surface area contributed by atoms with Gasteiger partial charge in [0.2, 0.25) is 0 Å². The number of amides is 2. The van der Waals surface area contributed by atoms with Crippen LogP contribution in [0.25, 0.3) is 0 Å². The summed E-state index contributed by atoms with van der Waals surface area (Å²) < 4.78 is 0. The third-order valence-corrected chi connectivity index (χ3v) is 5.02. The third-order valence-electron chi connectivity index (χ3n) is 5.02. The average Bonchev–Trinajstić information content (AvgIpc) is 2.60. The summed E-state index contributed by atoms with van der Waals surface area (Å²) in [5.41, 5.74) is 2.44. The molecular weight excluding hydrogens is 314 g/mol. The zero-order valence-corrected chi connectivity index (χ0v) is 15.9. The minimum Gasteiger partial charge on any atom is -0.393 e. The van der Waals surface area contributed by atoms with Crippen molar-refractivity contribution in [3.8, 4) is 0 Å². The number of hydrogen-bond acceptors (Lipinski definition) is 3. The molecule has 1 aliphatic rings. The first-order valence-corrected chi connectivity index (χ1v) is 9.44. The van der Waals surface area contributed by atoms with Gasteiger partial charge >= 0.3 is 6.03 Å². The van der Waals surface area contributed by atoms with Crippen molar-refractivity contribution < 1.29 is 9.90 Å². The van der Waals surface area contributed by atoms with Gasteiger partial charge in [-0.25, -0.2) is 4.79 Å². The highest BCUT2D eigenvalue weighted by molar-refractivity contribution is 5.73. The first kappa shape index (κ1) is 19.7. The van der Waals surface area contributed by atoms with E-state index in [1.165, 1.54) is 31.4 Å². The normalized spacial score (nSPS) is 19.4. The van der Waals surface area contributed by atoms with Crippen molar-refractivity contribution in [3.05, 3.63) is 35.4 Å². The van der Waals surface area contributed by atoms with Gasteiger partial charge in [-0.1, -0.05) is 30.7 Å². The van der Waals surface area contributed by atoms with Crippen molar-refractivity contribution in [2.75, 3.05) is 20.1 Å². The second kappa shape index (κ2) is 9.78. The molecule has 1 saturated heterocycles. The predicted molar refractivity (Wildman–Crippen MR) is 101 cm³/mol.